The molecular weight excluding hydrogens is 616 g/mol. The molecule has 0 heterocycles. The second-order valence-corrected chi connectivity index (χ2v) is 10.6. The van der Waals surface area contributed by atoms with Crippen molar-refractivity contribution < 1.29 is 42.9 Å². The van der Waals surface area contributed by atoms with Gasteiger partial charge in [-0.15, -0.1) is 0 Å². The summed E-state index contributed by atoms with van der Waals surface area (Å²) >= 11 is 0. The Morgan fingerprint density at radius 2 is 0.792 bits per heavy atom. The van der Waals surface area contributed by atoms with Crippen molar-refractivity contribution >= 4 is 29.9 Å². The number of rotatable bonds is 16. The number of esters is 3. The highest BCUT2D eigenvalue weighted by Crippen LogP contribution is 2.10. The Labute approximate surface area is 278 Å². The summed E-state index contributed by atoms with van der Waals surface area (Å²) in [7, 11) is 0. The first-order valence-electron chi connectivity index (χ1n) is 15.2. The van der Waals surface area contributed by atoms with Crippen LogP contribution < -0.4 is 10.6 Å². The molecule has 2 amide bonds. The first kappa shape index (κ1) is 34.9. The van der Waals surface area contributed by atoms with Crippen molar-refractivity contribution in [2.24, 2.45) is 0 Å². The van der Waals surface area contributed by atoms with Crippen molar-refractivity contribution in [1.29, 1.82) is 0 Å². The molecule has 48 heavy (non-hydrogen) atoms. The summed E-state index contributed by atoms with van der Waals surface area (Å²) in [6, 6.07) is 32.5. The molecule has 2 atom stereocenters. The van der Waals surface area contributed by atoms with Gasteiger partial charge in [-0.2, -0.15) is 0 Å². The molecule has 4 aromatic carbocycles. The van der Waals surface area contributed by atoms with E-state index in [2.05, 4.69) is 10.6 Å². The van der Waals surface area contributed by atoms with Crippen LogP contribution in [-0.2, 0) is 64.6 Å². The zero-order valence-corrected chi connectivity index (χ0v) is 26.1. The van der Waals surface area contributed by atoms with Crippen LogP contribution in [0.3, 0.4) is 0 Å². The number of carbonyl (C=O) groups excluding carboxylic acids is 5. The molecule has 0 aliphatic heterocycles. The molecule has 0 spiro atoms. The van der Waals surface area contributed by atoms with E-state index in [1.54, 1.807) is 103 Å². The number of amides is 2. The van der Waals surface area contributed by atoms with Gasteiger partial charge >= 0.3 is 24.0 Å². The van der Waals surface area contributed by atoms with Gasteiger partial charge in [-0.1, -0.05) is 121 Å². The molecule has 4 rings (SSSR count). The van der Waals surface area contributed by atoms with Gasteiger partial charge < -0.3 is 29.6 Å². The zero-order valence-electron chi connectivity index (χ0n) is 26.1. The summed E-state index contributed by atoms with van der Waals surface area (Å²) in [5.74, 6) is -3.44. The second kappa shape index (κ2) is 18.9. The van der Waals surface area contributed by atoms with Crippen LogP contribution >= 0.6 is 0 Å². The molecule has 248 valence electrons. The van der Waals surface area contributed by atoms with Crippen LogP contribution in [0.15, 0.2) is 121 Å². The first-order chi connectivity index (χ1) is 23.4. The van der Waals surface area contributed by atoms with Crippen LogP contribution in [0.5, 0.6) is 0 Å². The Bertz CT molecular complexity index is 1560. The Hall–Kier alpha value is -5.97. The molecule has 0 unspecified atom stereocenters. The average molecular weight is 653 g/mol. The molecule has 11 heteroatoms. The third-order valence-electron chi connectivity index (χ3n) is 6.87. The van der Waals surface area contributed by atoms with Crippen LogP contribution in [0, 0.1) is 0 Å². The van der Waals surface area contributed by atoms with E-state index < -0.39 is 54.8 Å². The fraction of sp³-hybridized carbons (Fsp3) is 0.216. The quantitative estimate of drug-likeness (QED) is 0.129. The molecule has 0 aliphatic carbocycles. The molecule has 0 radical (unpaired) electrons. The highest BCUT2D eigenvalue weighted by atomic mass is 16.6. The lowest BCUT2D eigenvalue weighted by Crippen LogP contribution is -2.53. The summed E-state index contributed by atoms with van der Waals surface area (Å²) in [5, 5.41) is 4.82. The van der Waals surface area contributed by atoms with Crippen molar-refractivity contribution in [2.45, 2.75) is 51.4 Å². The lowest BCUT2D eigenvalue weighted by molar-refractivity contribution is -0.155. The number of hydrogen-bond donors (Lipinski definition) is 2. The third kappa shape index (κ3) is 12.4. The van der Waals surface area contributed by atoms with Gasteiger partial charge in [-0.05, 0) is 22.3 Å². The van der Waals surface area contributed by atoms with Gasteiger partial charge in [-0.25, -0.2) is 9.59 Å². The smallest absolute Gasteiger partial charge is 0.408 e. The van der Waals surface area contributed by atoms with E-state index in [0.717, 1.165) is 11.1 Å². The third-order valence-corrected chi connectivity index (χ3v) is 6.87. The van der Waals surface area contributed by atoms with E-state index >= 15 is 0 Å². The number of hydrogen-bond acceptors (Lipinski definition) is 9. The minimum Gasteiger partial charge on any atom is -0.461 e. The number of carbonyl (C=O) groups is 5. The maximum atomic E-state index is 13.6. The maximum absolute atomic E-state index is 13.6. The van der Waals surface area contributed by atoms with E-state index in [1.165, 1.54) is 0 Å². The zero-order chi connectivity index (χ0) is 34.0. The molecule has 0 bridgehead atoms. The summed E-state index contributed by atoms with van der Waals surface area (Å²) in [5.41, 5.74) is 2.83. The Morgan fingerprint density at radius 1 is 0.438 bits per heavy atom. The molecule has 11 nitrogen and oxygen atoms in total. The van der Waals surface area contributed by atoms with Crippen molar-refractivity contribution in [3.8, 4) is 0 Å². The van der Waals surface area contributed by atoms with Crippen molar-refractivity contribution in [1.82, 2.24) is 10.6 Å². The number of ether oxygens (including phenoxy) is 4. The summed E-state index contributed by atoms with van der Waals surface area (Å²) < 4.78 is 21.3. The van der Waals surface area contributed by atoms with Crippen LogP contribution in [-0.4, -0.2) is 42.0 Å². The van der Waals surface area contributed by atoms with E-state index in [0.29, 0.717) is 11.1 Å². The topological polar surface area (TPSA) is 146 Å². The maximum Gasteiger partial charge on any atom is 0.408 e. The normalized spacial score (nSPS) is 11.7. The fourth-order valence-electron chi connectivity index (χ4n) is 4.34. The summed E-state index contributed by atoms with van der Waals surface area (Å²) in [6.45, 7) is -0.330. The Morgan fingerprint density at radius 3 is 1.21 bits per heavy atom. The Balaban J connectivity index is 1.45. The van der Waals surface area contributed by atoms with Gasteiger partial charge in [0.2, 0.25) is 5.91 Å². The monoisotopic (exact) mass is 652 g/mol. The lowest BCUT2D eigenvalue weighted by Gasteiger charge is -2.22. The predicted molar refractivity (Wildman–Crippen MR) is 173 cm³/mol. The average Bonchev–Trinajstić information content (AvgIpc) is 3.12. The largest absolute Gasteiger partial charge is 0.461 e. The van der Waals surface area contributed by atoms with E-state index in [-0.39, 0.29) is 26.4 Å². The van der Waals surface area contributed by atoms with Gasteiger partial charge in [0, 0.05) is 0 Å². The molecule has 0 saturated heterocycles. The summed E-state index contributed by atoms with van der Waals surface area (Å²) in [4.78, 5) is 65.1. The highest BCUT2D eigenvalue weighted by molar-refractivity contribution is 5.93. The van der Waals surface area contributed by atoms with Crippen molar-refractivity contribution in [3.05, 3.63) is 144 Å². The van der Waals surface area contributed by atoms with Gasteiger partial charge in [-0.3, -0.25) is 14.4 Å². The Kier molecular flexibility index (Phi) is 13.7. The van der Waals surface area contributed by atoms with Crippen LogP contribution in [0.1, 0.15) is 35.1 Å². The molecule has 2 N–H and O–H groups in total. The van der Waals surface area contributed by atoms with Crippen molar-refractivity contribution in [3.63, 3.8) is 0 Å². The van der Waals surface area contributed by atoms with Gasteiger partial charge in [0.25, 0.3) is 0 Å². The van der Waals surface area contributed by atoms with E-state index in [1.807, 2.05) is 18.2 Å². The number of alkyl carbamates (subject to hydrolysis) is 1. The standard InChI is InChI=1S/C37H36N2O9/c40-33(45-23-27-13-5-1-6-14-27)21-31(39-37(44)48-26-30-19-11-4-12-20-30)35(42)38-32(36(43)47-25-29-17-9-3-10-18-29)22-34(41)46-24-28-15-7-2-8-16-28/h1-20,31-32H,21-26H2,(H,38,42)(H,39,44)/t31-,32-/m0/s1. The first-order valence-corrected chi connectivity index (χ1v) is 15.2. The van der Waals surface area contributed by atoms with E-state index in [4.69, 9.17) is 18.9 Å². The van der Waals surface area contributed by atoms with Gasteiger partial charge in [0.05, 0.1) is 12.8 Å². The summed E-state index contributed by atoms with van der Waals surface area (Å²) in [6.07, 6.45) is -2.15. The van der Waals surface area contributed by atoms with Crippen molar-refractivity contribution in [2.75, 3.05) is 0 Å². The number of nitrogens with one attached hydrogen (secondary N) is 2. The predicted octanol–water partition coefficient (Wildman–Crippen LogP) is 4.78. The molecule has 0 fully saturated rings. The molecule has 0 saturated carbocycles. The van der Waals surface area contributed by atoms with E-state index in [9.17, 15) is 24.0 Å². The minimum atomic E-state index is -1.53. The molecule has 4 aromatic rings. The number of benzene rings is 4. The van der Waals surface area contributed by atoms with Gasteiger partial charge in [0.1, 0.15) is 38.5 Å². The second-order valence-electron chi connectivity index (χ2n) is 10.6. The SMILES string of the molecule is O=C(C[C@H](NC(=O)OCc1ccccc1)C(=O)N[C@@H](CC(=O)OCc1ccccc1)C(=O)OCc1ccccc1)OCc1ccccc1. The van der Waals surface area contributed by atoms with Crippen LogP contribution in [0.4, 0.5) is 4.79 Å². The molecule has 0 aromatic heterocycles. The van der Waals surface area contributed by atoms with Crippen LogP contribution in [0.2, 0.25) is 0 Å². The fourth-order valence-corrected chi connectivity index (χ4v) is 4.34. The molecule has 0 aliphatic rings. The highest BCUT2D eigenvalue weighted by Gasteiger charge is 2.32. The minimum absolute atomic E-state index is 0.0515. The molecular formula is C37H36N2O9. The lowest BCUT2D eigenvalue weighted by atomic mass is 10.1. The van der Waals surface area contributed by atoms with Gasteiger partial charge in [0.15, 0.2) is 0 Å². The van der Waals surface area contributed by atoms with Crippen LogP contribution in [0.25, 0.3) is 0 Å².